The van der Waals surface area contributed by atoms with Gasteiger partial charge < -0.3 is 5.11 Å². The quantitative estimate of drug-likeness (QED) is 0.747. The molecular weight excluding hydrogens is 196 g/mol. The Balaban J connectivity index is 1.78. The normalized spacial score (nSPS) is 45.6. The molecule has 0 aromatic carbocycles. The molecule has 2 aliphatic carbocycles. The van der Waals surface area contributed by atoms with Gasteiger partial charge in [-0.1, -0.05) is 26.2 Å². The standard InChI is InChI=1S/C15H28O/c1-3-12-4-6-13(7-5-12)14-8-10-15(2,16)11-9-14/h12-14,16H,3-11H2,1-2H3. The lowest BCUT2D eigenvalue weighted by molar-refractivity contribution is -0.00568. The van der Waals surface area contributed by atoms with E-state index in [0.717, 1.165) is 30.6 Å². The molecule has 0 atom stereocenters. The second-order valence-corrected chi connectivity index (χ2v) is 6.52. The number of hydrogen-bond donors (Lipinski definition) is 1. The van der Waals surface area contributed by atoms with Gasteiger partial charge >= 0.3 is 0 Å². The minimum absolute atomic E-state index is 0.350. The predicted octanol–water partition coefficient (Wildman–Crippen LogP) is 4.14. The molecule has 94 valence electrons. The Morgan fingerprint density at radius 3 is 1.94 bits per heavy atom. The summed E-state index contributed by atoms with van der Waals surface area (Å²) in [6.07, 6.45) is 11.9. The molecule has 1 heteroatoms. The summed E-state index contributed by atoms with van der Waals surface area (Å²) in [5, 5.41) is 9.97. The van der Waals surface area contributed by atoms with Crippen molar-refractivity contribution in [3.63, 3.8) is 0 Å². The molecule has 1 nitrogen and oxygen atoms in total. The lowest BCUT2D eigenvalue weighted by Gasteiger charge is -2.39. The summed E-state index contributed by atoms with van der Waals surface area (Å²) < 4.78 is 0. The van der Waals surface area contributed by atoms with Crippen LogP contribution in [0.3, 0.4) is 0 Å². The first-order valence-corrected chi connectivity index (χ1v) is 7.33. The Hall–Kier alpha value is -0.0400. The molecule has 0 spiro atoms. The molecule has 2 aliphatic rings. The average Bonchev–Trinajstić information content (AvgIpc) is 2.29. The van der Waals surface area contributed by atoms with Crippen molar-refractivity contribution in [3.8, 4) is 0 Å². The van der Waals surface area contributed by atoms with E-state index < -0.39 is 0 Å². The minimum atomic E-state index is -0.350. The monoisotopic (exact) mass is 224 g/mol. The first-order chi connectivity index (χ1) is 7.61. The molecule has 0 aromatic heterocycles. The molecule has 2 rings (SSSR count). The fraction of sp³-hybridized carbons (Fsp3) is 1.00. The fourth-order valence-corrected chi connectivity index (χ4v) is 3.80. The van der Waals surface area contributed by atoms with E-state index in [1.54, 1.807) is 0 Å². The van der Waals surface area contributed by atoms with Crippen molar-refractivity contribution < 1.29 is 5.11 Å². The van der Waals surface area contributed by atoms with Crippen LogP contribution >= 0.6 is 0 Å². The number of rotatable bonds is 2. The zero-order valence-corrected chi connectivity index (χ0v) is 11.0. The summed E-state index contributed by atoms with van der Waals surface area (Å²) in [6.45, 7) is 4.35. The molecule has 0 aromatic rings. The highest BCUT2D eigenvalue weighted by Crippen LogP contribution is 2.42. The summed E-state index contributed by atoms with van der Waals surface area (Å²) in [7, 11) is 0. The molecule has 2 fully saturated rings. The van der Waals surface area contributed by atoms with Crippen molar-refractivity contribution in [1.29, 1.82) is 0 Å². The summed E-state index contributed by atoms with van der Waals surface area (Å²) in [4.78, 5) is 0. The van der Waals surface area contributed by atoms with E-state index in [1.807, 2.05) is 6.92 Å². The van der Waals surface area contributed by atoms with Crippen LogP contribution in [0.5, 0.6) is 0 Å². The van der Waals surface area contributed by atoms with Crippen LogP contribution in [0.25, 0.3) is 0 Å². The third kappa shape index (κ3) is 3.00. The van der Waals surface area contributed by atoms with Gasteiger partial charge in [-0.3, -0.25) is 0 Å². The molecule has 0 saturated heterocycles. The molecular formula is C15H28O. The van der Waals surface area contributed by atoms with E-state index in [-0.39, 0.29) is 5.60 Å². The van der Waals surface area contributed by atoms with Gasteiger partial charge in [-0.05, 0) is 63.2 Å². The van der Waals surface area contributed by atoms with Gasteiger partial charge in [-0.2, -0.15) is 0 Å². The molecule has 0 unspecified atom stereocenters. The second-order valence-electron chi connectivity index (χ2n) is 6.52. The smallest absolute Gasteiger partial charge is 0.0620 e. The van der Waals surface area contributed by atoms with Crippen LogP contribution in [0.2, 0.25) is 0 Å². The Kier molecular flexibility index (Phi) is 3.94. The first kappa shape index (κ1) is 12.4. The molecule has 0 heterocycles. The molecule has 0 bridgehead atoms. The largest absolute Gasteiger partial charge is 0.390 e. The average molecular weight is 224 g/mol. The molecule has 2 saturated carbocycles. The molecule has 0 radical (unpaired) electrons. The van der Waals surface area contributed by atoms with Crippen molar-refractivity contribution in [2.45, 2.75) is 77.2 Å². The van der Waals surface area contributed by atoms with Crippen molar-refractivity contribution in [2.75, 3.05) is 0 Å². The Bertz CT molecular complexity index is 203. The first-order valence-electron chi connectivity index (χ1n) is 7.33. The highest BCUT2D eigenvalue weighted by molar-refractivity contribution is 4.86. The molecule has 0 aliphatic heterocycles. The van der Waals surface area contributed by atoms with Gasteiger partial charge in [-0.25, -0.2) is 0 Å². The second kappa shape index (κ2) is 5.08. The van der Waals surface area contributed by atoms with Gasteiger partial charge in [0.2, 0.25) is 0 Å². The van der Waals surface area contributed by atoms with Gasteiger partial charge in [0.05, 0.1) is 5.60 Å². The van der Waals surface area contributed by atoms with Crippen molar-refractivity contribution in [1.82, 2.24) is 0 Å². The van der Waals surface area contributed by atoms with E-state index in [9.17, 15) is 5.11 Å². The highest BCUT2D eigenvalue weighted by atomic mass is 16.3. The van der Waals surface area contributed by atoms with Crippen LogP contribution < -0.4 is 0 Å². The third-order valence-electron chi connectivity index (χ3n) is 5.24. The van der Waals surface area contributed by atoms with Crippen LogP contribution in [-0.4, -0.2) is 10.7 Å². The van der Waals surface area contributed by atoms with Crippen molar-refractivity contribution in [3.05, 3.63) is 0 Å². The summed E-state index contributed by atoms with van der Waals surface area (Å²) in [6, 6.07) is 0. The Labute approximate surface area is 101 Å². The maximum atomic E-state index is 9.97. The fourth-order valence-electron chi connectivity index (χ4n) is 3.80. The SMILES string of the molecule is CCC1CCC(C2CCC(C)(O)CC2)CC1. The molecule has 16 heavy (non-hydrogen) atoms. The molecule has 0 amide bonds. The van der Waals surface area contributed by atoms with E-state index in [4.69, 9.17) is 0 Å². The number of hydrogen-bond acceptors (Lipinski definition) is 1. The van der Waals surface area contributed by atoms with Gasteiger partial charge in [0, 0.05) is 0 Å². The van der Waals surface area contributed by atoms with Crippen LogP contribution in [0, 0.1) is 17.8 Å². The predicted molar refractivity (Wildman–Crippen MR) is 68.3 cm³/mol. The van der Waals surface area contributed by atoms with Crippen LogP contribution in [0.15, 0.2) is 0 Å². The van der Waals surface area contributed by atoms with Crippen molar-refractivity contribution in [2.24, 2.45) is 17.8 Å². The Morgan fingerprint density at radius 2 is 1.44 bits per heavy atom. The number of aliphatic hydroxyl groups is 1. The van der Waals surface area contributed by atoms with E-state index in [0.29, 0.717) is 0 Å². The third-order valence-corrected chi connectivity index (χ3v) is 5.24. The van der Waals surface area contributed by atoms with Gasteiger partial charge in [0.15, 0.2) is 0 Å². The van der Waals surface area contributed by atoms with Crippen molar-refractivity contribution >= 4 is 0 Å². The van der Waals surface area contributed by atoms with Gasteiger partial charge in [-0.15, -0.1) is 0 Å². The zero-order chi connectivity index (χ0) is 11.6. The maximum absolute atomic E-state index is 9.97. The minimum Gasteiger partial charge on any atom is -0.390 e. The summed E-state index contributed by atoms with van der Waals surface area (Å²) in [5.41, 5.74) is -0.350. The van der Waals surface area contributed by atoms with E-state index in [1.165, 1.54) is 44.9 Å². The topological polar surface area (TPSA) is 20.2 Å². The van der Waals surface area contributed by atoms with Crippen LogP contribution in [0.4, 0.5) is 0 Å². The van der Waals surface area contributed by atoms with E-state index >= 15 is 0 Å². The lowest BCUT2D eigenvalue weighted by atomic mass is 9.68. The summed E-state index contributed by atoms with van der Waals surface area (Å²) in [5.74, 6) is 2.93. The zero-order valence-electron chi connectivity index (χ0n) is 11.0. The van der Waals surface area contributed by atoms with Gasteiger partial charge in [0.1, 0.15) is 0 Å². The van der Waals surface area contributed by atoms with Gasteiger partial charge in [0.25, 0.3) is 0 Å². The highest BCUT2D eigenvalue weighted by Gasteiger charge is 2.34. The molecule has 1 N–H and O–H groups in total. The van der Waals surface area contributed by atoms with Crippen LogP contribution in [0.1, 0.15) is 71.6 Å². The van der Waals surface area contributed by atoms with E-state index in [2.05, 4.69) is 6.92 Å². The lowest BCUT2D eigenvalue weighted by Crippen LogP contribution is -2.34. The van der Waals surface area contributed by atoms with Crippen LogP contribution in [-0.2, 0) is 0 Å². The summed E-state index contributed by atoms with van der Waals surface area (Å²) >= 11 is 0. The maximum Gasteiger partial charge on any atom is 0.0620 e. The Morgan fingerprint density at radius 1 is 0.938 bits per heavy atom.